The average molecular weight is 278 g/mol. The lowest BCUT2D eigenvalue weighted by atomic mass is 9.87. The maximum absolute atomic E-state index is 12.3. The lowest BCUT2D eigenvalue weighted by molar-refractivity contribution is -0.118. The van der Waals surface area contributed by atoms with Crippen molar-refractivity contribution in [1.82, 2.24) is 0 Å². The largest absolute Gasteiger partial charge is 0.495 e. The summed E-state index contributed by atoms with van der Waals surface area (Å²) >= 11 is 0. The van der Waals surface area contributed by atoms with Crippen LogP contribution in [-0.4, -0.2) is 26.1 Å². The van der Waals surface area contributed by atoms with Gasteiger partial charge in [0.2, 0.25) is 5.91 Å². The third-order valence-corrected chi connectivity index (χ3v) is 3.13. The molecule has 1 amide bonds. The van der Waals surface area contributed by atoms with Gasteiger partial charge in [-0.3, -0.25) is 4.79 Å². The minimum atomic E-state index is -0.125. The second kappa shape index (κ2) is 6.75. The van der Waals surface area contributed by atoms with Gasteiger partial charge in [-0.1, -0.05) is 32.9 Å². The third-order valence-electron chi connectivity index (χ3n) is 3.13. The van der Waals surface area contributed by atoms with Crippen molar-refractivity contribution in [2.24, 2.45) is 11.1 Å². The maximum atomic E-state index is 12.3. The Hall–Kier alpha value is -1.55. The molecule has 0 radical (unpaired) electrons. The van der Waals surface area contributed by atoms with Crippen LogP contribution in [0.5, 0.6) is 5.75 Å². The minimum Gasteiger partial charge on any atom is -0.495 e. The second-order valence-corrected chi connectivity index (χ2v) is 6.35. The van der Waals surface area contributed by atoms with Crippen LogP contribution in [0.4, 0.5) is 5.69 Å². The highest BCUT2D eigenvalue weighted by Gasteiger charge is 2.21. The van der Waals surface area contributed by atoms with E-state index in [2.05, 4.69) is 20.8 Å². The molecule has 0 aliphatic carbocycles. The highest BCUT2D eigenvalue weighted by atomic mass is 16.5. The number of carbonyl (C=O) groups is 1. The fourth-order valence-corrected chi connectivity index (χ4v) is 2.26. The van der Waals surface area contributed by atoms with E-state index in [0.29, 0.717) is 12.2 Å². The van der Waals surface area contributed by atoms with Crippen LogP contribution in [0, 0.1) is 5.41 Å². The molecule has 0 aliphatic heterocycles. The molecule has 0 aromatic heterocycles. The lowest BCUT2D eigenvalue weighted by Crippen LogP contribution is -2.35. The molecule has 0 aliphatic rings. The Balaban J connectivity index is 2.72. The van der Waals surface area contributed by atoms with Gasteiger partial charge >= 0.3 is 0 Å². The summed E-state index contributed by atoms with van der Waals surface area (Å²) in [7, 11) is 3.35. The zero-order chi connectivity index (χ0) is 15.3. The van der Waals surface area contributed by atoms with E-state index >= 15 is 0 Å². The summed E-state index contributed by atoms with van der Waals surface area (Å²) in [5.41, 5.74) is 6.96. The molecule has 0 spiro atoms. The number of carbonyl (C=O) groups excluding carboxylic acids is 1. The van der Waals surface area contributed by atoms with Crippen LogP contribution in [0.3, 0.4) is 0 Å². The van der Waals surface area contributed by atoms with Gasteiger partial charge in [-0.2, -0.15) is 0 Å². The first kappa shape index (κ1) is 16.5. The van der Waals surface area contributed by atoms with E-state index in [1.54, 1.807) is 19.1 Å². The van der Waals surface area contributed by atoms with E-state index in [1.807, 2.05) is 24.3 Å². The van der Waals surface area contributed by atoms with Crippen LogP contribution < -0.4 is 15.4 Å². The summed E-state index contributed by atoms with van der Waals surface area (Å²) in [6.45, 7) is 6.38. The first-order valence-electron chi connectivity index (χ1n) is 6.90. The van der Waals surface area contributed by atoms with Gasteiger partial charge in [0.05, 0.1) is 12.8 Å². The Labute approximate surface area is 121 Å². The molecule has 1 aromatic carbocycles. The molecule has 1 unspecified atom stereocenters. The Morgan fingerprint density at radius 2 is 1.95 bits per heavy atom. The third kappa shape index (κ3) is 4.85. The molecule has 2 N–H and O–H groups in total. The van der Waals surface area contributed by atoms with Gasteiger partial charge in [-0.25, -0.2) is 0 Å². The van der Waals surface area contributed by atoms with E-state index in [0.717, 1.165) is 12.1 Å². The predicted octanol–water partition coefficient (Wildman–Crippen LogP) is 2.81. The number of hydrogen-bond acceptors (Lipinski definition) is 3. The van der Waals surface area contributed by atoms with Gasteiger partial charge in [-0.15, -0.1) is 0 Å². The zero-order valence-corrected chi connectivity index (χ0v) is 13.1. The van der Waals surface area contributed by atoms with Crippen LogP contribution in [0.25, 0.3) is 0 Å². The maximum Gasteiger partial charge on any atom is 0.228 e. The zero-order valence-electron chi connectivity index (χ0n) is 13.1. The number of anilines is 1. The minimum absolute atomic E-state index is 0.00579. The molecular weight excluding hydrogens is 252 g/mol. The molecule has 1 rings (SSSR count). The summed E-state index contributed by atoms with van der Waals surface area (Å²) < 4.78 is 5.28. The molecule has 1 atom stereocenters. The standard InChI is InChI=1S/C16H26N2O2/c1-16(2,3)11-12(17)10-15(19)18(4)13-8-6-7-9-14(13)20-5/h6-9,12H,10-11,17H2,1-5H3. The summed E-state index contributed by atoms with van der Waals surface area (Å²) in [6.07, 6.45) is 1.16. The van der Waals surface area contributed by atoms with Gasteiger partial charge in [0.15, 0.2) is 0 Å². The highest BCUT2D eigenvalue weighted by Crippen LogP contribution is 2.28. The van der Waals surface area contributed by atoms with Crippen molar-refractivity contribution in [1.29, 1.82) is 0 Å². The van der Waals surface area contributed by atoms with E-state index in [1.165, 1.54) is 0 Å². The normalized spacial score (nSPS) is 12.9. The van der Waals surface area contributed by atoms with E-state index < -0.39 is 0 Å². The van der Waals surface area contributed by atoms with Crippen molar-refractivity contribution >= 4 is 11.6 Å². The number of ether oxygens (including phenoxy) is 1. The quantitative estimate of drug-likeness (QED) is 0.901. The summed E-state index contributed by atoms with van der Waals surface area (Å²) in [5, 5.41) is 0. The predicted molar refractivity (Wildman–Crippen MR) is 83.1 cm³/mol. The smallest absolute Gasteiger partial charge is 0.228 e. The number of para-hydroxylation sites is 2. The van der Waals surface area contributed by atoms with Crippen LogP contribution >= 0.6 is 0 Å². The van der Waals surface area contributed by atoms with E-state index in [9.17, 15) is 4.79 Å². The lowest BCUT2D eigenvalue weighted by Gasteiger charge is -2.25. The van der Waals surface area contributed by atoms with Gasteiger partial charge in [0.25, 0.3) is 0 Å². The molecule has 4 nitrogen and oxygen atoms in total. The molecule has 112 valence electrons. The Morgan fingerprint density at radius 1 is 1.35 bits per heavy atom. The van der Waals surface area contributed by atoms with Crippen molar-refractivity contribution in [3.8, 4) is 5.75 Å². The number of amides is 1. The number of nitrogens with two attached hydrogens (primary N) is 1. The molecule has 0 fully saturated rings. The Morgan fingerprint density at radius 3 is 2.50 bits per heavy atom. The number of nitrogens with zero attached hydrogens (tertiary/aromatic N) is 1. The van der Waals surface area contributed by atoms with Crippen LogP contribution in [0.1, 0.15) is 33.6 Å². The van der Waals surface area contributed by atoms with Gasteiger partial charge in [0.1, 0.15) is 5.75 Å². The fraction of sp³-hybridized carbons (Fsp3) is 0.562. The number of rotatable bonds is 5. The number of methoxy groups -OCH3 is 1. The molecule has 0 saturated carbocycles. The van der Waals surface area contributed by atoms with Crippen LogP contribution in [0.15, 0.2) is 24.3 Å². The molecule has 0 saturated heterocycles. The second-order valence-electron chi connectivity index (χ2n) is 6.35. The van der Waals surface area contributed by atoms with Gasteiger partial charge in [-0.05, 0) is 24.0 Å². The van der Waals surface area contributed by atoms with Gasteiger partial charge < -0.3 is 15.4 Å². The molecular formula is C16H26N2O2. The summed E-state index contributed by atoms with van der Waals surface area (Å²) in [5.74, 6) is 0.694. The Bertz CT molecular complexity index is 452. The van der Waals surface area contributed by atoms with Crippen molar-refractivity contribution in [2.75, 3.05) is 19.1 Å². The summed E-state index contributed by atoms with van der Waals surface area (Å²) in [6, 6.07) is 7.35. The topological polar surface area (TPSA) is 55.6 Å². The molecule has 0 bridgehead atoms. The highest BCUT2D eigenvalue weighted by molar-refractivity contribution is 5.94. The van der Waals surface area contributed by atoms with E-state index in [-0.39, 0.29) is 17.4 Å². The molecule has 1 aromatic rings. The van der Waals surface area contributed by atoms with Crippen molar-refractivity contribution in [2.45, 2.75) is 39.7 Å². The number of hydrogen-bond donors (Lipinski definition) is 1. The summed E-state index contributed by atoms with van der Waals surface area (Å²) in [4.78, 5) is 13.9. The number of benzene rings is 1. The first-order chi connectivity index (χ1) is 9.24. The Kier molecular flexibility index (Phi) is 5.57. The van der Waals surface area contributed by atoms with Crippen molar-refractivity contribution in [3.05, 3.63) is 24.3 Å². The van der Waals surface area contributed by atoms with Crippen LogP contribution in [0.2, 0.25) is 0 Å². The molecule has 4 heteroatoms. The van der Waals surface area contributed by atoms with E-state index in [4.69, 9.17) is 10.5 Å². The molecule has 20 heavy (non-hydrogen) atoms. The SMILES string of the molecule is COc1ccccc1N(C)C(=O)CC(N)CC(C)(C)C. The van der Waals surface area contributed by atoms with Crippen LogP contribution in [-0.2, 0) is 4.79 Å². The molecule has 0 heterocycles. The van der Waals surface area contributed by atoms with Crippen molar-refractivity contribution < 1.29 is 9.53 Å². The average Bonchev–Trinajstić information content (AvgIpc) is 2.35. The fourth-order valence-electron chi connectivity index (χ4n) is 2.26. The van der Waals surface area contributed by atoms with Gasteiger partial charge in [0, 0.05) is 19.5 Å². The monoisotopic (exact) mass is 278 g/mol. The first-order valence-corrected chi connectivity index (χ1v) is 6.90. The van der Waals surface area contributed by atoms with Crippen molar-refractivity contribution in [3.63, 3.8) is 0 Å².